The molecule has 3 atom stereocenters. The lowest BCUT2D eigenvalue weighted by molar-refractivity contribution is -0.145. The summed E-state index contributed by atoms with van der Waals surface area (Å²) in [4.78, 5) is 27.8. The van der Waals surface area contributed by atoms with Gasteiger partial charge in [-0.2, -0.15) is 0 Å². The highest BCUT2D eigenvalue weighted by Gasteiger charge is 2.60. The van der Waals surface area contributed by atoms with E-state index in [-0.39, 0.29) is 12.0 Å². The normalized spacial score (nSPS) is 32.7. The van der Waals surface area contributed by atoms with Gasteiger partial charge in [-0.1, -0.05) is 26.8 Å². The standard InChI is InChI=1S/C17H27NO4/c1-6-21-15(20)18-22-14(19)11(2)9-13-10-12-7-8-17(13,5)16(12,3)4/h9,12-13H,6-8,10H2,1-5H3,(H,18,20)/t12-,13?,17-/m1/s1. The van der Waals surface area contributed by atoms with Gasteiger partial charge in [0.15, 0.2) is 0 Å². The molecule has 0 saturated heterocycles. The SMILES string of the molecule is CCOC(=O)NOC(=O)C(C)=CC1C[C@H]2CC[C@@]1(C)C2(C)C. The van der Waals surface area contributed by atoms with Crippen LogP contribution in [0, 0.1) is 22.7 Å². The summed E-state index contributed by atoms with van der Waals surface area (Å²) in [5.41, 5.74) is 3.07. The van der Waals surface area contributed by atoms with Crippen molar-refractivity contribution in [2.45, 2.75) is 53.9 Å². The second-order valence-corrected chi connectivity index (χ2v) is 7.28. The van der Waals surface area contributed by atoms with Crippen LogP contribution in [0.4, 0.5) is 4.79 Å². The molecule has 2 rings (SSSR count). The molecule has 2 saturated carbocycles. The minimum Gasteiger partial charge on any atom is -0.448 e. The lowest BCUT2D eigenvalue weighted by Crippen LogP contribution is -2.32. The Morgan fingerprint density at radius 3 is 2.50 bits per heavy atom. The third kappa shape index (κ3) is 2.73. The number of ether oxygens (including phenoxy) is 1. The number of hydrogen-bond donors (Lipinski definition) is 1. The van der Waals surface area contributed by atoms with Gasteiger partial charge < -0.3 is 9.57 Å². The number of fused-ring (bicyclic) bond motifs is 2. The number of hydroxylamine groups is 1. The third-order valence-electron chi connectivity index (χ3n) is 6.14. The van der Waals surface area contributed by atoms with Crippen molar-refractivity contribution in [2.24, 2.45) is 22.7 Å². The van der Waals surface area contributed by atoms with Crippen molar-refractivity contribution in [1.29, 1.82) is 0 Å². The van der Waals surface area contributed by atoms with Gasteiger partial charge in [-0.05, 0) is 55.8 Å². The van der Waals surface area contributed by atoms with Crippen molar-refractivity contribution in [2.75, 3.05) is 6.61 Å². The van der Waals surface area contributed by atoms with Gasteiger partial charge in [0.2, 0.25) is 0 Å². The number of carbonyl (C=O) groups is 2. The van der Waals surface area contributed by atoms with Crippen LogP contribution in [0.15, 0.2) is 11.6 Å². The topological polar surface area (TPSA) is 64.6 Å². The molecule has 1 amide bonds. The number of amides is 1. The van der Waals surface area contributed by atoms with Crippen molar-refractivity contribution >= 4 is 12.1 Å². The fourth-order valence-electron chi connectivity index (χ4n) is 4.22. The van der Waals surface area contributed by atoms with Gasteiger partial charge in [0.25, 0.3) is 0 Å². The highest BCUT2D eigenvalue weighted by molar-refractivity contribution is 5.88. The Labute approximate surface area is 132 Å². The van der Waals surface area contributed by atoms with Crippen LogP contribution in [0.5, 0.6) is 0 Å². The number of allylic oxidation sites excluding steroid dienone is 1. The lowest BCUT2D eigenvalue weighted by atomic mass is 9.66. The zero-order chi connectivity index (χ0) is 16.5. The zero-order valence-corrected chi connectivity index (χ0v) is 14.2. The molecule has 0 aromatic rings. The lowest BCUT2D eigenvalue weighted by Gasteiger charge is -2.38. The molecule has 5 nitrogen and oxygen atoms in total. The molecule has 2 aliphatic carbocycles. The first-order valence-corrected chi connectivity index (χ1v) is 8.04. The van der Waals surface area contributed by atoms with E-state index in [1.54, 1.807) is 13.8 Å². The quantitative estimate of drug-likeness (QED) is 0.639. The van der Waals surface area contributed by atoms with E-state index in [4.69, 9.17) is 4.84 Å². The summed E-state index contributed by atoms with van der Waals surface area (Å²) < 4.78 is 4.64. The van der Waals surface area contributed by atoms with Crippen LogP contribution in [-0.4, -0.2) is 18.7 Å². The van der Waals surface area contributed by atoms with Crippen LogP contribution in [0.25, 0.3) is 0 Å². The smallest absolute Gasteiger partial charge is 0.440 e. The summed E-state index contributed by atoms with van der Waals surface area (Å²) in [5.74, 6) is 0.578. The minimum absolute atomic E-state index is 0.230. The molecule has 124 valence electrons. The van der Waals surface area contributed by atoms with Gasteiger partial charge in [-0.25, -0.2) is 9.59 Å². The molecule has 2 fully saturated rings. The number of rotatable bonds is 3. The fraction of sp³-hybridized carbons (Fsp3) is 0.765. The van der Waals surface area contributed by atoms with E-state index in [1.165, 1.54) is 12.8 Å². The van der Waals surface area contributed by atoms with Crippen LogP contribution in [0.2, 0.25) is 0 Å². The summed E-state index contributed by atoms with van der Waals surface area (Å²) in [5, 5.41) is 0. The van der Waals surface area contributed by atoms with Crippen molar-refractivity contribution in [3.8, 4) is 0 Å². The minimum atomic E-state index is -0.753. The van der Waals surface area contributed by atoms with Crippen LogP contribution < -0.4 is 5.48 Å². The Morgan fingerprint density at radius 2 is 2.00 bits per heavy atom. The molecule has 5 heteroatoms. The van der Waals surface area contributed by atoms with E-state index in [2.05, 4.69) is 25.5 Å². The molecule has 1 N–H and O–H groups in total. The van der Waals surface area contributed by atoms with E-state index in [0.717, 1.165) is 12.3 Å². The predicted molar refractivity (Wildman–Crippen MR) is 82.7 cm³/mol. The van der Waals surface area contributed by atoms with Crippen molar-refractivity contribution in [3.63, 3.8) is 0 Å². The monoisotopic (exact) mass is 309 g/mol. The Morgan fingerprint density at radius 1 is 1.32 bits per heavy atom. The second-order valence-electron chi connectivity index (χ2n) is 7.28. The summed E-state index contributed by atoms with van der Waals surface area (Å²) in [7, 11) is 0. The Bertz CT molecular complexity index is 497. The molecule has 0 radical (unpaired) electrons. The molecule has 2 aliphatic rings. The predicted octanol–water partition coefficient (Wildman–Crippen LogP) is 3.60. The van der Waals surface area contributed by atoms with Gasteiger partial charge in [0.05, 0.1) is 6.61 Å². The molecular formula is C17H27NO4. The van der Waals surface area contributed by atoms with E-state index in [9.17, 15) is 9.59 Å². The molecule has 2 bridgehead atoms. The first kappa shape index (κ1) is 16.8. The summed E-state index contributed by atoms with van der Waals surface area (Å²) in [6.07, 6.45) is 4.88. The van der Waals surface area contributed by atoms with E-state index in [1.807, 2.05) is 11.6 Å². The van der Waals surface area contributed by atoms with Crippen molar-refractivity contribution < 1.29 is 19.2 Å². The largest absolute Gasteiger partial charge is 0.448 e. The van der Waals surface area contributed by atoms with Gasteiger partial charge in [0, 0.05) is 5.57 Å². The summed E-state index contributed by atoms with van der Waals surface area (Å²) in [6, 6.07) is 0. The summed E-state index contributed by atoms with van der Waals surface area (Å²) in [6.45, 7) is 10.7. The van der Waals surface area contributed by atoms with Crippen LogP contribution in [0.3, 0.4) is 0 Å². The molecule has 1 unspecified atom stereocenters. The summed E-state index contributed by atoms with van der Waals surface area (Å²) >= 11 is 0. The molecule has 0 aromatic carbocycles. The Balaban J connectivity index is 1.98. The van der Waals surface area contributed by atoms with E-state index < -0.39 is 12.1 Å². The Kier molecular flexibility index (Phi) is 4.54. The van der Waals surface area contributed by atoms with Crippen molar-refractivity contribution in [3.05, 3.63) is 11.6 Å². The second kappa shape index (κ2) is 5.94. The van der Waals surface area contributed by atoms with Crippen LogP contribution >= 0.6 is 0 Å². The van der Waals surface area contributed by atoms with Crippen molar-refractivity contribution in [1.82, 2.24) is 5.48 Å². The highest BCUT2D eigenvalue weighted by Crippen LogP contribution is 2.68. The maximum Gasteiger partial charge on any atom is 0.440 e. The van der Waals surface area contributed by atoms with Gasteiger partial charge >= 0.3 is 12.1 Å². The van der Waals surface area contributed by atoms with Gasteiger partial charge in [-0.3, -0.25) is 0 Å². The molecule has 0 spiro atoms. The average Bonchev–Trinajstić information content (AvgIpc) is 2.78. The van der Waals surface area contributed by atoms with Gasteiger partial charge in [0.1, 0.15) is 0 Å². The highest BCUT2D eigenvalue weighted by atomic mass is 16.7. The van der Waals surface area contributed by atoms with Gasteiger partial charge in [-0.15, -0.1) is 5.48 Å². The number of carbonyl (C=O) groups excluding carboxylic acids is 2. The van der Waals surface area contributed by atoms with E-state index in [0.29, 0.717) is 16.9 Å². The van der Waals surface area contributed by atoms with E-state index >= 15 is 0 Å². The molecule has 0 aliphatic heterocycles. The van der Waals surface area contributed by atoms with Crippen LogP contribution in [0.1, 0.15) is 53.9 Å². The molecular weight excluding hydrogens is 282 g/mol. The fourth-order valence-corrected chi connectivity index (χ4v) is 4.22. The zero-order valence-electron chi connectivity index (χ0n) is 14.2. The average molecular weight is 309 g/mol. The van der Waals surface area contributed by atoms with Crippen LogP contribution in [-0.2, 0) is 14.4 Å². The number of nitrogens with one attached hydrogen (secondary N) is 1. The number of hydrogen-bond acceptors (Lipinski definition) is 4. The Hall–Kier alpha value is -1.52. The molecule has 0 aromatic heterocycles. The maximum absolute atomic E-state index is 12.0. The maximum atomic E-state index is 12.0. The molecule has 0 heterocycles. The first-order valence-electron chi connectivity index (χ1n) is 8.04. The first-order chi connectivity index (χ1) is 10.2. The molecule has 22 heavy (non-hydrogen) atoms. The third-order valence-corrected chi connectivity index (χ3v) is 6.14.